The Bertz CT molecular complexity index is 630. The molecule has 0 saturated carbocycles. The Morgan fingerprint density at radius 1 is 1.39 bits per heavy atom. The van der Waals surface area contributed by atoms with Crippen molar-refractivity contribution in [3.8, 4) is 0 Å². The van der Waals surface area contributed by atoms with Gasteiger partial charge in [0.15, 0.2) is 5.76 Å². The van der Waals surface area contributed by atoms with Gasteiger partial charge in [-0.2, -0.15) is 0 Å². The Morgan fingerprint density at radius 2 is 2.17 bits per heavy atom. The molecule has 0 fully saturated rings. The quantitative estimate of drug-likeness (QED) is 0.666. The van der Waals surface area contributed by atoms with Crippen LogP contribution in [0, 0.1) is 13.8 Å². The minimum absolute atomic E-state index is 0.0446. The van der Waals surface area contributed by atoms with Crippen molar-refractivity contribution in [3.05, 3.63) is 39.7 Å². The average Bonchev–Trinajstić information content (AvgIpc) is 2.77. The molecule has 1 amide bonds. The molecule has 8 nitrogen and oxygen atoms in total. The molecule has 0 unspecified atom stereocenters. The third-order valence-corrected chi connectivity index (χ3v) is 2.22. The number of carbonyl (C=O) groups is 1. The van der Waals surface area contributed by atoms with Crippen LogP contribution in [0.3, 0.4) is 0 Å². The SMILES string of the molecule is Cc1ccoc1C(=O)NNc1nnc(C)c(=O)[nH]1. The zero-order valence-electron chi connectivity index (χ0n) is 9.77. The molecule has 0 aromatic carbocycles. The van der Waals surface area contributed by atoms with E-state index in [9.17, 15) is 9.59 Å². The van der Waals surface area contributed by atoms with Crippen molar-refractivity contribution in [2.24, 2.45) is 0 Å². The largest absolute Gasteiger partial charge is 0.459 e. The first kappa shape index (κ1) is 11.8. The molecule has 18 heavy (non-hydrogen) atoms. The molecular formula is C10H11N5O3. The van der Waals surface area contributed by atoms with E-state index in [0.717, 1.165) is 0 Å². The lowest BCUT2D eigenvalue weighted by atomic mass is 10.3. The van der Waals surface area contributed by atoms with Gasteiger partial charge in [-0.05, 0) is 19.9 Å². The first-order valence-electron chi connectivity index (χ1n) is 5.12. The molecule has 2 rings (SSSR count). The third kappa shape index (κ3) is 2.37. The number of aromatic amines is 1. The van der Waals surface area contributed by atoms with E-state index in [1.807, 2.05) is 0 Å². The molecule has 2 aromatic rings. The predicted molar refractivity (Wildman–Crippen MR) is 61.9 cm³/mol. The average molecular weight is 249 g/mol. The number of rotatable bonds is 3. The van der Waals surface area contributed by atoms with Crippen LogP contribution in [0.25, 0.3) is 0 Å². The molecule has 2 heterocycles. The van der Waals surface area contributed by atoms with Crippen molar-refractivity contribution >= 4 is 11.9 Å². The van der Waals surface area contributed by atoms with E-state index in [0.29, 0.717) is 5.56 Å². The van der Waals surface area contributed by atoms with Gasteiger partial charge in [-0.15, -0.1) is 10.2 Å². The van der Waals surface area contributed by atoms with Crippen LogP contribution in [-0.4, -0.2) is 21.1 Å². The molecule has 0 aliphatic heterocycles. The first-order valence-corrected chi connectivity index (χ1v) is 5.12. The van der Waals surface area contributed by atoms with Crippen LogP contribution in [-0.2, 0) is 0 Å². The lowest BCUT2D eigenvalue weighted by Gasteiger charge is -2.05. The molecule has 0 saturated heterocycles. The second kappa shape index (κ2) is 4.70. The lowest BCUT2D eigenvalue weighted by molar-refractivity contribution is 0.0934. The molecule has 0 aliphatic carbocycles. The number of carbonyl (C=O) groups excluding carboxylic acids is 1. The molecule has 0 radical (unpaired) electrons. The number of furan rings is 1. The molecule has 2 aromatic heterocycles. The van der Waals surface area contributed by atoms with Gasteiger partial charge in [0.05, 0.1) is 6.26 Å². The van der Waals surface area contributed by atoms with Gasteiger partial charge in [0.25, 0.3) is 5.56 Å². The summed E-state index contributed by atoms with van der Waals surface area (Å²) >= 11 is 0. The van der Waals surface area contributed by atoms with E-state index in [4.69, 9.17) is 4.42 Å². The second-order valence-corrected chi connectivity index (χ2v) is 3.60. The number of anilines is 1. The fourth-order valence-corrected chi connectivity index (χ4v) is 1.23. The second-order valence-electron chi connectivity index (χ2n) is 3.60. The summed E-state index contributed by atoms with van der Waals surface area (Å²) in [6, 6.07) is 1.67. The van der Waals surface area contributed by atoms with Gasteiger partial charge in [-0.1, -0.05) is 0 Å². The molecule has 0 bridgehead atoms. The lowest BCUT2D eigenvalue weighted by Crippen LogP contribution is -2.32. The summed E-state index contributed by atoms with van der Waals surface area (Å²) in [5, 5.41) is 7.26. The number of nitrogens with one attached hydrogen (secondary N) is 3. The number of hydrazine groups is 1. The summed E-state index contributed by atoms with van der Waals surface area (Å²) in [5.41, 5.74) is 5.34. The van der Waals surface area contributed by atoms with Crippen LogP contribution in [0.5, 0.6) is 0 Å². The highest BCUT2D eigenvalue weighted by molar-refractivity contribution is 5.93. The summed E-state index contributed by atoms with van der Waals surface area (Å²) in [6.07, 6.45) is 1.41. The van der Waals surface area contributed by atoms with E-state index in [1.54, 1.807) is 13.0 Å². The van der Waals surface area contributed by atoms with Gasteiger partial charge < -0.3 is 4.42 Å². The van der Waals surface area contributed by atoms with Crippen LogP contribution in [0.15, 0.2) is 21.5 Å². The molecule has 3 N–H and O–H groups in total. The van der Waals surface area contributed by atoms with Crippen LogP contribution in [0.2, 0.25) is 0 Å². The van der Waals surface area contributed by atoms with Gasteiger partial charge in [0, 0.05) is 5.56 Å². The molecular weight excluding hydrogens is 238 g/mol. The number of aromatic nitrogens is 3. The maximum atomic E-state index is 11.6. The molecule has 94 valence electrons. The summed E-state index contributed by atoms with van der Waals surface area (Å²) in [6.45, 7) is 3.27. The van der Waals surface area contributed by atoms with Crippen LogP contribution >= 0.6 is 0 Å². The van der Waals surface area contributed by atoms with Crippen molar-refractivity contribution in [2.45, 2.75) is 13.8 Å². The summed E-state index contributed by atoms with van der Waals surface area (Å²) < 4.78 is 5.00. The number of hydrogen-bond donors (Lipinski definition) is 3. The summed E-state index contributed by atoms with van der Waals surface area (Å²) in [4.78, 5) is 25.3. The highest BCUT2D eigenvalue weighted by Gasteiger charge is 2.12. The monoisotopic (exact) mass is 249 g/mol. The van der Waals surface area contributed by atoms with E-state index < -0.39 is 5.91 Å². The normalized spacial score (nSPS) is 10.1. The Labute approximate surface area is 101 Å². The number of H-pyrrole nitrogens is 1. The zero-order chi connectivity index (χ0) is 13.1. The highest BCUT2D eigenvalue weighted by atomic mass is 16.3. The molecule has 0 atom stereocenters. The Morgan fingerprint density at radius 3 is 2.78 bits per heavy atom. The van der Waals surface area contributed by atoms with E-state index in [2.05, 4.69) is 26.0 Å². The molecule has 0 spiro atoms. The fraction of sp³-hybridized carbons (Fsp3) is 0.200. The van der Waals surface area contributed by atoms with Gasteiger partial charge in [-0.25, -0.2) is 0 Å². The molecule has 0 aliphatic rings. The smallest absolute Gasteiger partial charge is 0.305 e. The summed E-state index contributed by atoms with van der Waals surface area (Å²) in [5.74, 6) is -0.242. The van der Waals surface area contributed by atoms with Gasteiger partial charge in [0.2, 0.25) is 5.95 Å². The number of amides is 1. The standard InChI is InChI=1S/C10H11N5O3/c1-5-3-4-18-7(5)9(17)13-15-10-11-8(16)6(2)12-14-10/h3-4H,1-2H3,(H,13,17)(H2,11,14,15,16). The van der Waals surface area contributed by atoms with E-state index in [-0.39, 0.29) is 23.0 Å². The summed E-state index contributed by atoms with van der Waals surface area (Å²) in [7, 11) is 0. The van der Waals surface area contributed by atoms with Gasteiger partial charge >= 0.3 is 5.91 Å². The van der Waals surface area contributed by atoms with Gasteiger partial charge in [-0.3, -0.25) is 25.4 Å². The Balaban J connectivity index is 2.04. The van der Waals surface area contributed by atoms with E-state index >= 15 is 0 Å². The third-order valence-electron chi connectivity index (χ3n) is 2.22. The predicted octanol–water partition coefficient (Wildman–Crippen LogP) is 0.132. The van der Waals surface area contributed by atoms with Crippen molar-refractivity contribution < 1.29 is 9.21 Å². The minimum atomic E-state index is -0.472. The first-order chi connectivity index (χ1) is 8.58. The maximum Gasteiger partial charge on any atom is 0.305 e. The number of nitrogens with zero attached hydrogens (tertiary/aromatic N) is 2. The zero-order valence-corrected chi connectivity index (χ0v) is 9.77. The van der Waals surface area contributed by atoms with Crippen LogP contribution in [0.4, 0.5) is 5.95 Å². The van der Waals surface area contributed by atoms with Crippen molar-refractivity contribution in [3.63, 3.8) is 0 Å². The fourth-order valence-electron chi connectivity index (χ4n) is 1.23. The van der Waals surface area contributed by atoms with Crippen molar-refractivity contribution in [1.29, 1.82) is 0 Å². The number of hydrogen-bond acceptors (Lipinski definition) is 6. The Kier molecular flexibility index (Phi) is 3.09. The van der Waals surface area contributed by atoms with Gasteiger partial charge in [0.1, 0.15) is 5.69 Å². The van der Waals surface area contributed by atoms with Crippen molar-refractivity contribution in [2.75, 3.05) is 5.43 Å². The minimum Gasteiger partial charge on any atom is -0.459 e. The van der Waals surface area contributed by atoms with E-state index in [1.165, 1.54) is 13.2 Å². The van der Waals surface area contributed by atoms with Crippen LogP contribution < -0.4 is 16.4 Å². The molecule has 8 heteroatoms. The maximum absolute atomic E-state index is 11.6. The highest BCUT2D eigenvalue weighted by Crippen LogP contribution is 2.07. The Hall–Kier alpha value is -2.64. The van der Waals surface area contributed by atoms with Crippen LogP contribution in [0.1, 0.15) is 21.8 Å². The van der Waals surface area contributed by atoms with Crippen molar-refractivity contribution in [1.82, 2.24) is 20.6 Å². The number of aryl methyl sites for hydroxylation is 2. The topological polar surface area (TPSA) is 113 Å².